The quantitative estimate of drug-likeness (QED) is 0.644. The Kier molecular flexibility index (Phi) is 1.38. The highest BCUT2D eigenvalue weighted by molar-refractivity contribution is 7.10. The lowest BCUT2D eigenvalue weighted by Gasteiger charge is -2.44. The van der Waals surface area contributed by atoms with Gasteiger partial charge in [0, 0.05) is 23.4 Å². The first-order valence-corrected chi connectivity index (χ1v) is 5.56. The van der Waals surface area contributed by atoms with E-state index in [1.165, 1.54) is 25.8 Å². The molecule has 1 aliphatic carbocycles. The van der Waals surface area contributed by atoms with Gasteiger partial charge in [0.25, 0.3) is 0 Å². The van der Waals surface area contributed by atoms with Crippen molar-refractivity contribution >= 4 is 11.3 Å². The van der Waals surface area contributed by atoms with Crippen molar-refractivity contribution in [2.24, 2.45) is 0 Å². The highest BCUT2D eigenvalue weighted by atomic mass is 32.1. The van der Waals surface area contributed by atoms with Crippen LogP contribution in [0, 0.1) is 0 Å². The molecule has 2 heteroatoms. The van der Waals surface area contributed by atoms with Gasteiger partial charge in [-0.25, -0.2) is 0 Å². The summed E-state index contributed by atoms with van der Waals surface area (Å²) in [5.74, 6) is 0. The largest absolute Gasteiger partial charge is 0.312 e. The van der Waals surface area contributed by atoms with E-state index < -0.39 is 0 Å². The Bertz CT molecular complexity index is 299. The van der Waals surface area contributed by atoms with E-state index >= 15 is 0 Å². The lowest BCUT2D eigenvalue weighted by Crippen LogP contribution is -2.46. The Hall–Kier alpha value is -0.340. The van der Waals surface area contributed by atoms with Gasteiger partial charge < -0.3 is 5.32 Å². The predicted molar refractivity (Wildman–Crippen MR) is 51.6 cm³/mol. The Labute approximate surface area is 76.8 Å². The Morgan fingerprint density at radius 1 is 1.42 bits per heavy atom. The van der Waals surface area contributed by atoms with E-state index in [-0.39, 0.29) is 0 Å². The van der Waals surface area contributed by atoms with E-state index in [1.54, 1.807) is 10.4 Å². The van der Waals surface area contributed by atoms with Gasteiger partial charge in [0.2, 0.25) is 0 Å². The van der Waals surface area contributed by atoms with Crippen LogP contribution in [0.4, 0.5) is 0 Å². The second kappa shape index (κ2) is 2.33. The summed E-state index contributed by atoms with van der Waals surface area (Å²) in [5.41, 5.74) is 2.13. The predicted octanol–water partition coefficient (Wildman–Crippen LogP) is 2.27. The zero-order chi connectivity index (χ0) is 8.02. The Morgan fingerprint density at radius 2 is 2.33 bits per heavy atom. The molecule has 0 unspecified atom stereocenters. The van der Waals surface area contributed by atoms with E-state index in [0.29, 0.717) is 5.41 Å². The molecule has 12 heavy (non-hydrogen) atoms. The van der Waals surface area contributed by atoms with Gasteiger partial charge in [0.15, 0.2) is 0 Å². The van der Waals surface area contributed by atoms with Gasteiger partial charge in [-0.05, 0) is 29.9 Å². The van der Waals surface area contributed by atoms with Crippen LogP contribution in [0.25, 0.3) is 0 Å². The van der Waals surface area contributed by atoms with E-state index in [4.69, 9.17) is 0 Å². The fraction of sp³-hybridized carbons (Fsp3) is 0.600. The van der Waals surface area contributed by atoms with Gasteiger partial charge in [-0.15, -0.1) is 11.3 Å². The average molecular weight is 179 g/mol. The lowest BCUT2D eigenvalue weighted by molar-refractivity contribution is 0.225. The molecule has 0 amide bonds. The highest BCUT2D eigenvalue weighted by Crippen LogP contribution is 2.48. The third kappa shape index (κ3) is 0.771. The summed E-state index contributed by atoms with van der Waals surface area (Å²) in [6, 6.07) is 2.28. The van der Waals surface area contributed by atoms with E-state index in [0.717, 1.165) is 6.54 Å². The molecule has 1 fully saturated rings. The van der Waals surface area contributed by atoms with Crippen molar-refractivity contribution in [1.82, 2.24) is 5.32 Å². The molecule has 0 aromatic carbocycles. The molecule has 1 saturated carbocycles. The Morgan fingerprint density at radius 3 is 3.08 bits per heavy atom. The van der Waals surface area contributed by atoms with Crippen molar-refractivity contribution in [3.05, 3.63) is 21.9 Å². The number of hydrogen-bond donors (Lipinski definition) is 1. The standard InChI is InChI=1S/C10H13NS/c1-3-10(4-1)7-11-6-8-2-5-12-9(8)10/h2,5,11H,1,3-4,6-7H2. The second-order valence-electron chi connectivity index (χ2n) is 4.01. The number of hydrogen-bond acceptors (Lipinski definition) is 2. The normalized spacial score (nSPS) is 25.0. The molecule has 64 valence electrons. The van der Waals surface area contributed by atoms with Crippen molar-refractivity contribution in [3.63, 3.8) is 0 Å². The highest BCUT2D eigenvalue weighted by Gasteiger charge is 2.42. The third-order valence-corrected chi connectivity index (χ3v) is 4.52. The first-order chi connectivity index (χ1) is 5.91. The molecule has 1 aromatic heterocycles. The number of thiophene rings is 1. The molecule has 2 aliphatic rings. The van der Waals surface area contributed by atoms with Crippen LogP contribution < -0.4 is 5.32 Å². The summed E-state index contributed by atoms with van der Waals surface area (Å²) >= 11 is 1.97. The van der Waals surface area contributed by atoms with Gasteiger partial charge in [0.1, 0.15) is 0 Å². The maximum absolute atomic E-state index is 3.53. The van der Waals surface area contributed by atoms with Crippen molar-refractivity contribution in [3.8, 4) is 0 Å². The molecule has 0 atom stereocenters. The van der Waals surface area contributed by atoms with Crippen molar-refractivity contribution in [1.29, 1.82) is 0 Å². The van der Waals surface area contributed by atoms with Crippen LogP contribution in [0.3, 0.4) is 0 Å². The van der Waals surface area contributed by atoms with Crippen LogP contribution in [0.2, 0.25) is 0 Å². The molecule has 1 nitrogen and oxygen atoms in total. The molecule has 1 N–H and O–H groups in total. The molecule has 3 rings (SSSR count). The number of rotatable bonds is 0. The zero-order valence-electron chi connectivity index (χ0n) is 7.10. The minimum Gasteiger partial charge on any atom is -0.312 e. The van der Waals surface area contributed by atoms with Crippen LogP contribution in [0.1, 0.15) is 29.7 Å². The second-order valence-corrected chi connectivity index (χ2v) is 4.93. The summed E-state index contributed by atoms with van der Waals surface area (Å²) in [6.07, 6.45) is 4.25. The van der Waals surface area contributed by atoms with Gasteiger partial charge >= 0.3 is 0 Å². The molecule has 0 saturated heterocycles. The van der Waals surface area contributed by atoms with Gasteiger partial charge in [-0.3, -0.25) is 0 Å². The van der Waals surface area contributed by atoms with Crippen molar-refractivity contribution in [2.45, 2.75) is 31.2 Å². The molecule has 2 heterocycles. The summed E-state index contributed by atoms with van der Waals surface area (Å²) < 4.78 is 0. The summed E-state index contributed by atoms with van der Waals surface area (Å²) in [5, 5.41) is 5.77. The summed E-state index contributed by atoms with van der Waals surface area (Å²) in [6.45, 7) is 2.32. The fourth-order valence-corrected chi connectivity index (χ4v) is 3.65. The first kappa shape index (κ1) is 7.10. The average Bonchev–Trinajstić information content (AvgIpc) is 2.47. The molecule has 0 radical (unpaired) electrons. The fourth-order valence-electron chi connectivity index (χ4n) is 2.46. The van der Waals surface area contributed by atoms with Crippen LogP contribution in [0.15, 0.2) is 11.4 Å². The third-order valence-electron chi connectivity index (χ3n) is 3.32. The lowest BCUT2D eigenvalue weighted by atomic mass is 9.66. The number of fused-ring (bicyclic) bond motifs is 2. The van der Waals surface area contributed by atoms with Gasteiger partial charge in [0.05, 0.1) is 0 Å². The molecule has 0 bridgehead atoms. The van der Waals surface area contributed by atoms with Crippen LogP contribution in [-0.2, 0) is 12.0 Å². The van der Waals surface area contributed by atoms with E-state index in [1.807, 2.05) is 11.3 Å². The van der Waals surface area contributed by atoms with E-state index in [2.05, 4.69) is 16.8 Å². The SMILES string of the molecule is c1cc2c(s1)C1(CCC1)CNC2. The molecule has 1 aliphatic heterocycles. The van der Waals surface area contributed by atoms with Crippen molar-refractivity contribution in [2.75, 3.05) is 6.54 Å². The monoisotopic (exact) mass is 179 g/mol. The van der Waals surface area contributed by atoms with Gasteiger partial charge in [-0.2, -0.15) is 0 Å². The minimum absolute atomic E-state index is 0.571. The van der Waals surface area contributed by atoms with Gasteiger partial charge in [-0.1, -0.05) is 6.42 Å². The maximum Gasteiger partial charge on any atom is 0.0217 e. The maximum atomic E-state index is 3.53. The van der Waals surface area contributed by atoms with Crippen LogP contribution in [0.5, 0.6) is 0 Å². The molecular weight excluding hydrogens is 166 g/mol. The summed E-state index contributed by atoms with van der Waals surface area (Å²) in [7, 11) is 0. The van der Waals surface area contributed by atoms with Crippen molar-refractivity contribution < 1.29 is 0 Å². The topological polar surface area (TPSA) is 12.0 Å². The minimum atomic E-state index is 0.571. The summed E-state index contributed by atoms with van der Waals surface area (Å²) in [4.78, 5) is 1.69. The van der Waals surface area contributed by atoms with Crippen LogP contribution >= 0.6 is 11.3 Å². The zero-order valence-corrected chi connectivity index (χ0v) is 7.91. The smallest absolute Gasteiger partial charge is 0.0217 e. The molecule has 1 spiro atoms. The van der Waals surface area contributed by atoms with Crippen LogP contribution in [-0.4, -0.2) is 6.54 Å². The molecule has 1 aromatic rings. The Balaban J connectivity index is 2.09. The number of nitrogens with one attached hydrogen (secondary N) is 1. The first-order valence-electron chi connectivity index (χ1n) is 4.68. The molecular formula is C10H13NS. The van der Waals surface area contributed by atoms with E-state index in [9.17, 15) is 0 Å².